The van der Waals surface area contributed by atoms with Crippen LogP contribution in [0.4, 0.5) is 10.7 Å². The number of hydrogen-bond donors (Lipinski definition) is 2. The van der Waals surface area contributed by atoms with E-state index in [4.69, 9.17) is 12.2 Å². The Labute approximate surface area is 124 Å². The summed E-state index contributed by atoms with van der Waals surface area (Å²) in [4.78, 5) is 10.8. The molecule has 0 amide bonds. The fourth-order valence-electron chi connectivity index (χ4n) is 1.34. The quantitative estimate of drug-likeness (QED) is 0.393. The summed E-state index contributed by atoms with van der Waals surface area (Å²) in [6, 6.07) is 12.5. The standard InChI is InChI=1S/C12H10N4O2S2/c17-16(18)11-7-6-10(20-11)8-13-15-12(19)14-9-4-2-1-3-5-9/h1-8H,(H2,14,15,19). The molecule has 1 heterocycles. The highest BCUT2D eigenvalue weighted by Gasteiger charge is 2.07. The number of benzene rings is 1. The Hall–Kier alpha value is -2.32. The third-order valence-electron chi connectivity index (χ3n) is 2.18. The number of para-hydroxylation sites is 1. The van der Waals surface area contributed by atoms with Crippen LogP contribution in [0.25, 0.3) is 0 Å². The third-order valence-corrected chi connectivity index (χ3v) is 3.35. The molecule has 1 aromatic heterocycles. The van der Waals surface area contributed by atoms with E-state index in [-0.39, 0.29) is 5.00 Å². The van der Waals surface area contributed by atoms with Gasteiger partial charge in [0.05, 0.1) is 16.0 Å². The second-order valence-corrected chi connectivity index (χ2v) is 5.13. The molecule has 2 N–H and O–H groups in total. The SMILES string of the molecule is O=[N+]([O-])c1ccc(C=NNC(=S)Nc2ccccc2)s1. The van der Waals surface area contributed by atoms with Gasteiger partial charge in [0.1, 0.15) is 0 Å². The lowest BCUT2D eigenvalue weighted by atomic mass is 10.3. The average molecular weight is 306 g/mol. The first-order valence-corrected chi connectivity index (χ1v) is 6.77. The molecule has 102 valence electrons. The van der Waals surface area contributed by atoms with Crippen LogP contribution in [0.1, 0.15) is 4.88 Å². The molecule has 2 rings (SSSR count). The highest BCUT2D eigenvalue weighted by molar-refractivity contribution is 7.80. The number of nitrogens with zero attached hydrogens (tertiary/aromatic N) is 2. The first-order chi connectivity index (χ1) is 9.65. The first kappa shape index (κ1) is 14.1. The van der Waals surface area contributed by atoms with Gasteiger partial charge in [-0.3, -0.25) is 15.5 Å². The van der Waals surface area contributed by atoms with E-state index in [1.165, 1.54) is 12.3 Å². The Balaban J connectivity index is 1.86. The lowest BCUT2D eigenvalue weighted by Crippen LogP contribution is -2.23. The van der Waals surface area contributed by atoms with Crippen molar-refractivity contribution in [2.45, 2.75) is 0 Å². The van der Waals surface area contributed by atoms with Crippen LogP contribution in [-0.4, -0.2) is 16.3 Å². The molecule has 0 atom stereocenters. The van der Waals surface area contributed by atoms with E-state index in [1.54, 1.807) is 6.07 Å². The van der Waals surface area contributed by atoms with Crippen LogP contribution < -0.4 is 10.7 Å². The predicted molar refractivity (Wildman–Crippen MR) is 84.4 cm³/mol. The van der Waals surface area contributed by atoms with Gasteiger partial charge in [-0.2, -0.15) is 5.10 Å². The summed E-state index contributed by atoms with van der Waals surface area (Å²) in [5, 5.41) is 17.8. The van der Waals surface area contributed by atoms with Crippen LogP contribution in [0, 0.1) is 10.1 Å². The molecule has 0 bridgehead atoms. The van der Waals surface area contributed by atoms with Crippen molar-refractivity contribution in [3.63, 3.8) is 0 Å². The lowest BCUT2D eigenvalue weighted by molar-refractivity contribution is -0.380. The molecule has 0 aliphatic rings. The van der Waals surface area contributed by atoms with Crippen molar-refractivity contribution in [1.82, 2.24) is 5.43 Å². The van der Waals surface area contributed by atoms with Gasteiger partial charge < -0.3 is 5.32 Å². The average Bonchev–Trinajstić information content (AvgIpc) is 2.89. The highest BCUT2D eigenvalue weighted by atomic mass is 32.1. The zero-order valence-electron chi connectivity index (χ0n) is 10.1. The fraction of sp³-hybridized carbons (Fsp3) is 0. The summed E-state index contributed by atoms with van der Waals surface area (Å²) in [6.45, 7) is 0. The minimum atomic E-state index is -0.434. The van der Waals surface area contributed by atoms with E-state index >= 15 is 0 Å². The number of nitrogens with one attached hydrogen (secondary N) is 2. The Kier molecular flexibility index (Phi) is 4.75. The summed E-state index contributed by atoms with van der Waals surface area (Å²) in [6.07, 6.45) is 1.48. The van der Waals surface area contributed by atoms with E-state index in [0.717, 1.165) is 17.0 Å². The Morgan fingerprint density at radius 2 is 2.05 bits per heavy atom. The van der Waals surface area contributed by atoms with Crippen LogP contribution in [0.15, 0.2) is 47.6 Å². The van der Waals surface area contributed by atoms with E-state index < -0.39 is 4.92 Å². The zero-order chi connectivity index (χ0) is 14.4. The van der Waals surface area contributed by atoms with Gasteiger partial charge in [-0.25, -0.2) is 0 Å². The second-order valence-electron chi connectivity index (χ2n) is 3.62. The second kappa shape index (κ2) is 6.73. The highest BCUT2D eigenvalue weighted by Crippen LogP contribution is 2.22. The maximum Gasteiger partial charge on any atom is 0.324 e. The predicted octanol–water partition coefficient (Wildman–Crippen LogP) is 2.98. The molecule has 0 saturated carbocycles. The van der Waals surface area contributed by atoms with Gasteiger partial charge in [-0.05, 0) is 30.4 Å². The summed E-state index contributed by atoms with van der Waals surface area (Å²) < 4.78 is 0. The number of anilines is 1. The van der Waals surface area contributed by atoms with Gasteiger partial charge >= 0.3 is 5.00 Å². The maximum absolute atomic E-state index is 10.5. The Morgan fingerprint density at radius 1 is 1.30 bits per heavy atom. The zero-order valence-corrected chi connectivity index (χ0v) is 11.8. The van der Waals surface area contributed by atoms with E-state index in [0.29, 0.717) is 9.99 Å². The van der Waals surface area contributed by atoms with E-state index in [9.17, 15) is 10.1 Å². The van der Waals surface area contributed by atoms with E-state index in [2.05, 4.69) is 15.8 Å². The van der Waals surface area contributed by atoms with Crippen molar-refractivity contribution in [2.24, 2.45) is 5.10 Å². The van der Waals surface area contributed by atoms with Gasteiger partial charge in [0.2, 0.25) is 0 Å². The molecule has 8 heteroatoms. The number of rotatable bonds is 4. The molecular weight excluding hydrogens is 296 g/mol. The molecule has 0 aliphatic heterocycles. The molecular formula is C12H10N4O2S2. The maximum atomic E-state index is 10.5. The summed E-state index contributed by atoms with van der Waals surface area (Å²) >= 11 is 6.10. The molecule has 0 spiro atoms. The Bertz CT molecular complexity index is 640. The molecule has 0 aliphatic carbocycles. The molecule has 0 saturated heterocycles. The number of hydrazone groups is 1. The number of nitro groups is 1. The van der Waals surface area contributed by atoms with Gasteiger partial charge in [-0.1, -0.05) is 29.5 Å². The van der Waals surface area contributed by atoms with Crippen LogP contribution in [0.2, 0.25) is 0 Å². The summed E-state index contributed by atoms with van der Waals surface area (Å²) in [5.74, 6) is 0. The normalized spacial score (nSPS) is 10.4. The van der Waals surface area contributed by atoms with Gasteiger partial charge in [0, 0.05) is 11.8 Å². The summed E-state index contributed by atoms with van der Waals surface area (Å²) in [7, 11) is 0. The summed E-state index contributed by atoms with van der Waals surface area (Å²) in [5.41, 5.74) is 3.50. The fourth-order valence-corrected chi connectivity index (χ4v) is 2.21. The molecule has 20 heavy (non-hydrogen) atoms. The number of thiophene rings is 1. The van der Waals surface area contributed by atoms with Crippen molar-refractivity contribution >= 4 is 45.6 Å². The van der Waals surface area contributed by atoms with Crippen molar-refractivity contribution in [2.75, 3.05) is 5.32 Å². The van der Waals surface area contributed by atoms with Gasteiger partial charge in [0.15, 0.2) is 5.11 Å². The van der Waals surface area contributed by atoms with Crippen molar-refractivity contribution < 1.29 is 4.92 Å². The first-order valence-electron chi connectivity index (χ1n) is 5.54. The Morgan fingerprint density at radius 3 is 2.70 bits per heavy atom. The van der Waals surface area contributed by atoms with Crippen molar-refractivity contribution in [3.8, 4) is 0 Å². The lowest BCUT2D eigenvalue weighted by Gasteiger charge is -2.05. The third kappa shape index (κ3) is 4.11. The number of hydrogen-bond acceptors (Lipinski definition) is 5. The largest absolute Gasteiger partial charge is 0.331 e. The number of thiocarbonyl (C=S) groups is 1. The van der Waals surface area contributed by atoms with Crippen LogP contribution in [0.3, 0.4) is 0 Å². The van der Waals surface area contributed by atoms with Gasteiger partial charge in [0.25, 0.3) is 0 Å². The molecule has 0 unspecified atom stereocenters. The molecule has 0 radical (unpaired) electrons. The van der Waals surface area contributed by atoms with Crippen molar-refractivity contribution in [3.05, 3.63) is 57.5 Å². The van der Waals surface area contributed by atoms with E-state index in [1.807, 2.05) is 30.3 Å². The smallest absolute Gasteiger partial charge is 0.324 e. The van der Waals surface area contributed by atoms with Gasteiger partial charge in [-0.15, -0.1) is 0 Å². The minimum absolute atomic E-state index is 0.0800. The van der Waals surface area contributed by atoms with Crippen LogP contribution >= 0.6 is 23.6 Å². The van der Waals surface area contributed by atoms with Crippen LogP contribution in [0.5, 0.6) is 0 Å². The molecule has 6 nitrogen and oxygen atoms in total. The van der Waals surface area contributed by atoms with Crippen LogP contribution in [-0.2, 0) is 0 Å². The molecule has 1 aromatic carbocycles. The molecule has 0 fully saturated rings. The monoisotopic (exact) mass is 306 g/mol. The molecule has 2 aromatic rings. The minimum Gasteiger partial charge on any atom is -0.331 e. The van der Waals surface area contributed by atoms with Crippen molar-refractivity contribution in [1.29, 1.82) is 0 Å². The topological polar surface area (TPSA) is 79.6 Å².